The van der Waals surface area contributed by atoms with E-state index < -0.39 is 6.10 Å². The van der Waals surface area contributed by atoms with Crippen molar-refractivity contribution in [3.05, 3.63) is 64.2 Å². The summed E-state index contributed by atoms with van der Waals surface area (Å²) in [5.74, 6) is 0.525. The van der Waals surface area contributed by atoms with Crippen molar-refractivity contribution >= 4 is 23.2 Å². The Bertz CT molecular complexity index is 698. The van der Waals surface area contributed by atoms with Crippen molar-refractivity contribution in [2.24, 2.45) is 4.99 Å². The number of aliphatic imine (C=N–C) groups is 1. The first-order chi connectivity index (χ1) is 10.6. The summed E-state index contributed by atoms with van der Waals surface area (Å²) < 4.78 is 5.71. The minimum Gasteiger partial charge on any atom is -0.474 e. The number of hydrogen-bond acceptors (Lipinski definition) is 4. The molecule has 1 atom stereocenters. The van der Waals surface area contributed by atoms with Crippen LogP contribution >= 0.6 is 11.6 Å². The fraction of sp³-hybridized carbons (Fsp3) is 0.235. The Kier molecular flexibility index (Phi) is 4.32. The maximum Gasteiger partial charge on any atom is 0.220 e. The predicted octanol–water partition coefficient (Wildman–Crippen LogP) is 3.53. The van der Waals surface area contributed by atoms with Gasteiger partial charge in [0.05, 0.1) is 5.56 Å². The van der Waals surface area contributed by atoms with Crippen molar-refractivity contribution in [1.29, 1.82) is 0 Å². The molecule has 0 radical (unpaired) electrons. The third kappa shape index (κ3) is 3.24. The van der Waals surface area contributed by atoms with Gasteiger partial charge in [-0.05, 0) is 30.7 Å². The van der Waals surface area contributed by atoms with E-state index in [1.165, 1.54) is 0 Å². The van der Waals surface area contributed by atoms with Gasteiger partial charge in [0, 0.05) is 10.7 Å². The molecule has 2 aromatic rings. The van der Waals surface area contributed by atoms with Crippen molar-refractivity contribution in [3.63, 3.8) is 0 Å². The van der Waals surface area contributed by atoms with E-state index in [0.29, 0.717) is 17.6 Å². The topological polar surface area (TPSA) is 53.9 Å². The summed E-state index contributed by atoms with van der Waals surface area (Å²) in [4.78, 5) is 4.31. The molecule has 22 heavy (non-hydrogen) atoms. The van der Waals surface area contributed by atoms with E-state index in [0.717, 1.165) is 22.4 Å². The highest BCUT2D eigenvalue weighted by molar-refractivity contribution is 6.31. The van der Waals surface area contributed by atoms with Crippen molar-refractivity contribution < 1.29 is 9.84 Å². The highest BCUT2D eigenvalue weighted by Crippen LogP contribution is 2.25. The number of hydrogen-bond donors (Lipinski definition) is 2. The Balaban J connectivity index is 1.69. The maximum atomic E-state index is 10.2. The zero-order valence-corrected chi connectivity index (χ0v) is 13.0. The van der Waals surface area contributed by atoms with Gasteiger partial charge in [-0.25, -0.2) is 4.99 Å². The summed E-state index contributed by atoms with van der Waals surface area (Å²) in [6, 6.07) is 13.2. The molecule has 2 N–H and O–H groups in total. The van der Waals surface area contributed by atoms with Gasteiger partial charge in [-0.15, -0.1) is 0 Å². The number of halogens is 1. The molecule has 0 fully saturated rings. The molecule has 3 rings (SSSR count). The van der Waals surface area contributed by atoms with Crippen LogP contribution in [-0.4, -0.2) is 24.3 Å². The van der Waals surface area contributed by atoms with Crippen LogP contribution in [0, 0.1) is 6.92 Å². The number of anilines is 1. The lowest BCUT2D eigenvalue weighted by molar-refractivity contribution is 0.102. The number of fused-ring (bicyclic) bond motifs is 1. The van der Waals surface area contributed by atoms with Crippen LogP contribution in [-0.2, 0) is 4.74 Å². The molecule has 5 heteroatoms. The fourth-order valence-electron chi connectivity index (χ4n) is 2.30. The minimum absolute atomic E-state index is 0.157. The van der Waals surface area contributed by atoms with E-state index in [-0.39, 0.29) is 6.61 Å². The van der Waals surface area contributed by atoms with Gasteiger partial charge in [-0.2, -0.15) is 0 Å². The molecule has 0 bridgehead atoms. The average Bonchev–Trinajstić information content (AvgIpc) is 2.52. The second kappa shape index (κ2) is 6.38. The van der Waals surface area contributed by atoms with Crippen molar-refractivity contribution in [2.45, 2.75) is 13.0 Å². The number of nitrogens with one attached hydrogen (secondary N) is 1. The smallest absolute Gasteiger partial charge is 0.220 e. The number of aryl methyl sites for hydroxylation is 1. The van der Waals surface area contributed by atoms with E-state index in [9.17, 15) is 5.11 Å². The molecule has 0 saturated heterocycles. The molecule has 1 aliphatic heterocycles. The van der Waals surface area contributed by atoms with Crippen LogP contribution in [0.15, 0.2) is 47.5 Å². The lowest BCUT2D eigenvalue weighted by Crippen LogP contribution is -2.20. The summed E-state index contributed by atoms with van der Waals surface area (Å²) in [6.45, 7) is 2.60. The number of aliphatic hydroxyl groups is 1. The number of benzene rings is 2. The normalized spacial score (nSPS) is 14.6. The molecule has 114 valence electrons. The first-order valence-corrected chi connectivity index (χ1v) is 7.47. The molecule has 0 aromatic heterocycles. The first kappa shape index (κ1) is 14.9. The maximum absolute atomic E-state index is 10.2. The van der Waals surface area contributed by atoms with Gasteiger partial charge in [0.2, 0.25) is 5.90 Å². The Morgan fingerprint density at radius 2 is 2.05 bits per heavy atom. The number of ether oxygens (including phenoxy) is 1. The van der Waals surface area contributed by atoms with Crippen LogP contribution in [0.4, 0.5) is 5.69 Å². The Morgan fingerprint density at radius 3 is 2.82 bits per heavy atom. The predicted molar refractivity (Wildman–Crippen MR) is 88.6 cm³/mol. The second-order valence-electron chi connectivity index (χ2n) is 5.23. The third-order valence-corrected chi connectivity index (χ3v) is 3.78. The summed E-state index contributed by atoms with van der Waals surface area (Å²) in [5, 5.41) is 14.0. The van der Waals surface area contributed by atoms with Crippen LogP contribution in [0.5, 0.6) is 0 Å². The molecule has 1 aliphatic rings. The molecule has 1 heterocycles. The summed E-state index contributed by atoms with van der Waals surface area (Å²) >= 11 is 5.98. The lowest BCUT2D eigenvalue weighted by atomic mass is 10.1. The summed E-state index contributed by atoms with van der Waals surface area (Å²) in [7, 11) is 0. The summed E-state index contributed by atoms with van der Waals surface area (Å²) in [5.41, 5.74) is 3.73. The molecule has 2 aromatic carbocycles. The second-order valence-corrected chi connectivity index (χ2v) is 5.66. The van der Waals surface area contributed by atoms with E-state index >= 15 is 0 Å². The average molecular weight is 317 g/mol. The van der Waals surface area contributed by atoms with Crippen LogP contribution < -0.4 is 5.32 Å². The number of rotatable bonds is 3. The largest absolute Gasteiger partial charge is 0.474 e. The first-order valence-electron chi connectivity index (χ1n) is 7.09. The van der Waals surface area contributed by atoms with Crippen molar-refractivity contribution in [1.82, 2.24) is 0 Å². The Hall–Kier alpha value is -2.04. The molecule has 0 amide bonds. The monoisotopic (exact) mass is 316 g/mol. The molecule has 4 nitrogen and oxygen atoms in total. The van der Waals surface area contributed by atoms with Gasteiger partial charge in [-0.3, -0.25) is 0 Å². The molecule has 0 aliphatic carbocycles. The SMILES string of the molecule is Cc1ccc([C@@H](O)COC2=NCNc3cc(Cl)ccc32)cc1. The Labute approximate surface area is 134 Å². The van der Waals surface area contributed by atoms with Crippen molar-refractivity contribution in [3.8, 4) is 0 Å². The molecule has 0 unspecified atom stereocenters. The Morgan fingerprint density at radius 1 is 1.27 bits per heavy atom. The van der Waals surface area contributed by atoms with Gasteiger partial charge in [-0.1, -0.05) is 41.4 Å². The third-order valence-electron chi connectivity index (χ3n) is 3.54. The molecular formula is C17H17ClN2O2. The van der Waals surface area contributed by atoms with Crippen LogP contribution in [0.25, 0.3) is 0 Å². The standard InChI is InChI=1S/C17H17ClN2O2/c1-11-2-4-12(5-3-11)16(21)9-22-17-14-7-6-13(18)8-15(14)19-10-20-17/h2-8,16,19,21H,9-10H2,1H3/t16-/m0/s1. The van der Waals surface area contributed by atoms with Crippen LogP contribution in [0.1, 0.15) is 22.8 Å². The van der Waals surface area contributed by atoms with Gasteiger partial charge in [0.1, 0.15) is 19.4 Å². The van der Waals surface area contributed by atoms with Gasteiger partial charge >= 0.3 is 0 Å². The molecule has 0 saturated carbocycles. The highest BCUT2D eigenvalue weighted by Gasteiger charge is 2.17. The van der Waals surface area contributed by atoms with Gasteiger partial charge in [0.25, 0.3) is 0 Å². The fourth-order valence-corrected chi connectivity index (χ4v) is 2.47. The highest BCUT2D eigenvalue weighted by atomic mass is 35.5. The van der Waals surface area contributed by atoms with E-state index in [1.807, 2.05) is 43.3 Å². The van der Waals surface area contributed by atoms with Crippen LogP contribution in [0.2, 0.25) is 5.02 Å². The minimum atomic E-state index is -0.686. The molecule has 0 spiro atoms. The summed E-state index contributed by atoms with van der Waals surface area (Å²) in [6.07, 6.45) is -0.686. The number of nitrogens with zero attached hydrogens (tertiary/aromatic N) is 1. The zero-order chi connectivity index (χ0) is 15.5. The molecular weight excluding hydrogens is 300 g/mol. The zero-order valence-electron chi connectivity index (χ0n) is 12.2. The quantitative estimate of drug-likeness (QED) is 0.911. The van der Waals surface area contributed by atoms with Crippen molar-refractivity contribution in [2.75, 3.05) is 18.6 Å². The van der Waals surface area contributed by atoms with E-state index in [2.05, 4.69) is 10.3 Å². The van der Waals surface area contributed by atoms with Gasteiger partial charge < -0.3 is 15.2 Å². The number of aliphatic hydroxyl groups excluding tert-OH is 1. The van der Waals surface area contributed by atoms with E-state index in [4.69, 9.17) is 16.3 Å². The van der Waals surface area contributed by atoms with E-state index in [1.54, 1.807) is 6.07 Å². The van der Waals surface area contributed by atoms with Gasteiger partial charge in [0.15, 0.2) is 0 Å². The van der Waals surface area contributed by atoms with Crippen LogP contribution in [0.3, 0.4) is 0 Å². The lowest BCUT2D eigenvalue weighted by Gasteiger charge is -2.20.